The first-order valence-corrected chi connectivity index (χ1v) is 7.16. The Morgan fingerprint density at radius 1 is 1.17 bits per heavy atom. The van der Waals surface area contributed by atoms with E-state index in [0.29, 0.717) is 19.8 Å². The largest absolute Gasteiger partial charge is 0.416 e. The topological polar surface area (TPSA) is 67.4 Å². The van der Waals surface area contributed by atoms with Gasteiger partial charge in [0.05, 0.1) is 18.7 Å². The fraction of sp³-hybridized carbons (Fsp3) is 0.467. The third-order valence-electron chi connectivity index (χ3n) is 3.50. The molecule has 1 atom stereocenters. The number of hydrogen-bond donors (Lipinski definition) is 2. The molecule has 1 saturated heterocycles. The van der Waals surface area contributed by atoms with Crippen LogP contribution in [-0.4, -0.2) is 38.1 Å². The lowest BCUT2D eigenvalue weighted by molar-refractivity contribution is -0.137. The van der Waals surface area contributed by atoms with E-state index in [1.807, 2.05) is 0 Å². The minimum absolute atomic E-state index is 0.0648. The number of amides is 2. The van der Waals surface area contributed by atoms with Gasteiger partial charge in [0, 0.05) is 24.6 Å². The van der Waals surface area contributed by atoms with Crippen molar-refractivity contribution in [1.29, 1.82) is 0 Å². The molecule has 0 saturated carbocycles. The maximum Gasteiger partial charge on any atom is 0.416 e. The van der Waals surface area contributed by atoms with Crippen LogP contribution in [0.4, 0.5) is 13.2 Å². The number of carbonyl (C=O) groups excluding carboxylic acids is 2. The van der Waals surface area contributed by atoms with E-state index in [2.05, 4.69) is 10.6 Å². The van der Waals surface area contributed by atoms with Crippen molar-refractivity contribution in [3.63, 3.8) is 0 Å². The van der Waals surface area contributed by atoms with Crippen LogP contribution in [0.2, 0.25) is 0 Å². The molecule has 1 aromatic rings. The molecule has 23 heavy (non-hydrogen) atoms. The highest BCUT2D eigenvalue weighted by Crippen LogP contribution is 2.29. The molecule has 8 heteroatoms. The van der Waals surface area contributed by atoms with Crippen molar-refractivity contribution in [2.45, 2.75) is 12.6 Å². The van der Waals surface area contributed by atoms with E-state index in [4.69, 9.17) is 4.74 Å². The Morgan fingerprint density at radius 2 is 1.87 bits per heavy atom. The number of rotatable bonds is 5. The van der Waals surface area contributed by atoms with Crippen molar-refractivity contribution >= 4 is 11.8 Å². The summed E-state index contributed by atoms with van der Waals surface area (Å²) in [6.45, 7) is 1.55. The summed E-state index contributed by atoms with van der Waals surface area (Å²) in [5.74, 6) is -0.667. The summed E-state index contributed by atoms with van der Waals surface area (Å²) in [4.78, 5) is 23.4. The zero-order valence-corrected chi connectivity index (χ0v) is 12.3. The fourth-order valence-electron chi connectivity index (χ4n) is 2.14. The highest BCUT2D eigenvalue weighted by molar-refractivity contribution is 5.96. The van der Waals surface area contributed by atoms with Crippen LogP contribution in [-0.2, 0) is 15.7 Å². The number of alkyl halides is 3. The van der Waals surface area contributed by atoms with Gasteiger partial charge in [0.1, 0.15) is 0 Å². The van der Waals surface area contributed by atoms with Gasteiger partial charge in [-0.15, -0.1) is 0 Å². The van der Waals surface area contributed by atoms with Gasteiger partial charge in [0.25, 0.3) is 5.91 Å². The van der Waals surface area contributed by atoms with Crippen LogP contribution < -0.4 is 10.6 Å². The summed E-state index contributed by atoms with van der Waals surface area (Å²) in [6, 6.07) is 3.81. The van der Waals surface area contributed by atoms with Crippen molar-refractivity contribution in [1.82, 2.24) is 10.6 Å². The van der Waals surface area contributed by atoms with Crippen LogP contribution in [0.25, 0.3) is 0 Å². The van der Waals surface area contributed by atoms with Crippen molar-refractivity contribution in [3.05, 3.63) is 35.4 Å². The second-order valence-corrected chi connectivity index (χ2v) is 5.29. The second-order valence-electron chi connectivity index (χ2n) is 5.29. The maximum atomic E-state index is 12.4. The summed E-state index contributed by atoms with van der Waals surface area (Å²) in [5.41, 5.74) is -0.763. The van der Waals surface area contributed by atoms with Crippen molar-refractivity contribution in [3.8, 4) is 0 Å². The summed E-state index contributed by atoms with van der Waals surface area (Å²) in [5, 5.41) is 5.05. The smallest absolute Gasteiger partial charge is 0.381 e. The van der Waals surface area contributed by atoms with Gasteiger partial charge >= 0.3 is 6.18 Å². The first-order chi connectivity index (χ1) is 10.9. The maximum absolute atomic E-state index is 12.4. The Balaban J connectivity index is 1.76. The van der Waals surface area contributed by atoms with Gasteiger partial charge < -0.3 is 15.4 Å². The average molecular weight is 330 g/mol. The molecule has 5 nitrogen and oxygen atoms in total. The predicted octanol–water partition coefficient (Wildman–Crippen LogP) is 1.59. The normalized spacial score (nSPS) is 17.8. The number of halogens is 3. The van der Waals surface area contributed by atoms with E-state index in [0.717, 1.165) is 30.7 Å². The Morgan fingerprint density at radius 3 is 2.43 bits per heavy atom. The minimum Gasteiger partial charge on any atom is -0.381 e. The van der Waals surface area contributed by atoms with Crippen LogP contribution >= 0.6 is 0 Å². The van der Waals surface area contributed by atoms with Gasteiger partial charge in [-0.1, -0.05) is 0 Å². The van der Waals surface area contributed by atoms with Crippen molar-refractivity contribution < 1.29 is 27.5 Å². The van der Waals surface area contributed by atoms with Crippen LogP contribution in [0.1, 0.15) is 22.3 Å². The third-order valence-corrected chi connectivity index (χ3v) is 3.50. The summed E-state index contributed by atoms with van der Waals surface area (Å²) >= 11 is 0. The molecule has 1 heterocycles. The van der Waals surface area contributed by atoms with Crippen molar-refractivity contribution in [2.75, 3.05) is 26.3 Å². The molecule has 0 aliphatic carbocycles. The highest BCUT2D eigenvalue weighted by Gasteiger charge is 2.30. The Kier molecular flexibility index (Phi) is 5.59. The summed E-state index contributed by atoms with van der Waals surface area (Å²) in [6.07, 6.45) is -3.56. The summed E-state index contributed by atoms with van der Waals surface area (Å²) < 4.78 is 42.5. The molecule has 2 amide bonds. The number of hydrogen-bond acceptors (Lipinski definition) is 3. The number of benzene rings is 1. The third kappa shape index (κ3) is 5.24. The molecule has 0 unspecified atom stereocenters. The Hall–Kier alpha value is -2.09. The number of nitrogens with one attached hydrogen (secondary N) is 2. The molecule has 0 radical (unpaired) electrons. The molecular formula is C15H17F3N2O3. The SMILES string of the molecule is O=C(CNC(=O)c1ccc(C(F)(F)F)cc1)NC[C@H]1CCOC1. The molecule has 0 aromatic heterocycles. The average Bonchev–Trinajstić information content (AvgIpc) is 3.03. The lowest BCUT2D eigenvalue weighted by Gasteiger charge is -2.10. The van der Waals surface area contributed by atoms with Gasteiger partial charge in [0.2, 0.25) is 5.91 Å². The standard InChI is InChI=1S/C15H17F3N2O3/c16-15(17,18)12-3-1-11(2-4-12)14(22)20-8-13(21)19-7-10-5-6-23-9-10/h1-4,10H,5-9H2,(H,19,21)(H,20,22)/t10-/m1/s1. The zero-order valence-electron chi connectivity index (χ0n) is 12.3. The van der Waals surface area contributed by atoms with Gasteiger partial charge in [0.15, 0.2) is 0 Å². The van der Waals surface area contributed by atoms with Gasteiger partial charge in [-0.05, 0) is 30.7 Å². The van der Waals surface area contributed by atoms with Crippen LogP contribution in [0.15, 0.2) is 24.3 Å². The van der Waals surface area contributed by atoms with Gasteiger partial charge in [-0.25, -0.2) is 0 Å². The Bertz CT molecular complexity index is 552. The molecule has 1 aliphatic heterocycles. The first kappa shape index (κ1) is 17.3. The van der Waals surface area contributed by atoms with Crippen LogP contribution in [0.3, 0.4) is 0 Å². The molecule has 1 aliphatic rings. The van der Waals surface area contributed by atoms with Gasteiger partial charge in [-0.2, -0.15) is 13.2 Å². The fourth-order valence-corrected chi connectivity index (χ4v) is 2.14. The molecule has 2 rings (SSSR count). The molecule has 1 aromatic carbocycles. The van der Waals surface area contributed by atoms with Crippen molar-refractivity contribution in [2.24, 2.45) is 5.92 Å². The molecule has 1 fully saturated rings. The molecule has 2 N–H and O–H groups in total. The van der Waals surface area contributed by atoms with Crippen LogP contribution in [0, 0.1) is 5.92 Å². The zero-order chi connectivity index (χ0) is 16.9. The highest BCUT2D eigenvalue weighted by atomic mass is 19.4. The van der Waals surface area contributed by atoms with E-state index in [1.165, 1.54) is 0 Å². The van der Waals surface area contributed by atoms with E-state index in [-0.39, 0.29) is 23.9 Å². The molecule has 126 valence electrons. The quantitative estimate of drug-likeness (QED) is 0.861. The van der Waals surface area contributed by atoms with E-state index >= 15 is 0 Å². The second kappa shape index (κ2) is 7.45. The van der Waals surface area contributed by atoms with Crippen LogP contribution in [0.5, 0.6) is 0 Å². The minimum atomic E-state index is -4.45. The number of ether oxygens (including phenoxy) is 1. The first-order valence-electron chi connectivity index (χ1n) is 7.16. The molecule has 0 bridgehead atoms. The summed E-state index contributed by atoms with van der Waals surface area (Å²) in [7, 11) is 0. The lowest BCUT2D eigenvalue weighted by Crippen LogP contribution is -2.39. The van der Waals surface area contributed by atoms with E-state index in [9.17, 15) is 22.8 Å². The van der Waals surface area contributed by atoms with E-state index in [1.54, 1.807) is 0 Å². The molecule has 0 spiro atoms. The Labute approximate surface area is 131 Å². The monoisotopic (exact) mass is 330 g/mol. The predicted molar refractivity (Wildman–Crippen MR) is 75.7 cm³/mol. The van der Waals surface area contributed by atoms with Gasteiger partial charge in [-0.3, -0.25) is 9.59 Å². The number of carbonyl (C=O) groups is 2. The molecular weight excluding hydrogens is 313 g/mol. The lowest BCUT2D eigenvalue weighted by atomic mass is 10.1. The van der Waals surface area contributed by atoms with E-state index < -0.39 is 17.6 Å².